The maximum Gasteiger partial charge on any atom is 0.191 e. The molecular weight excluding hydrogens is 230 g/mol. The van der Waals surface area contributed by atoms with Crippen LogP contribution in [0.25, 0.3) is 0 Å². The summed E-state index contributed by atoms with van der Waals surface area (Å²) in [5, 5.41) is 0. The quantitative estimate of drug-likeness (QED) is 0.654. The van der Waals surface area contributed by atoms with E-state index in [1.54, 1.807) is 11.3 Å². The number of hydrogen-bond acceptors (Lipinski definition) is 2. The van der Waals surface area contributed by atoms with Gasteiger partial charge in [0.15, 0.2) is 5.96 Å². The van der Waals surface area contributed by atoms with Crippen LogP contribution in [0, 0.1) is 0 Å². The second-order valence-corrected chi connectivity index (χ2v) is 4.85. The van der Waals surface area contributed by atoms with Crippen LogP contribution in [0.2, 0.25) is 4.34 Å². The lowest BCUT2D eigenvalue weighted by Gasteiger charge is -2.19. The lowest BCUT2D eigenvalue weighted by Crippen LogP contribution is -2.36. The predicted octanol–water partition coefficient (Wildman–Crippen LogP) is 2.56. The second-order valence-electron chi connectivity index (χ2n) is 3.05. The summed E-state index contributed by atoms with van der Waals surface area (Å²) in [5.41, 5.74) is 5.84. The third-order valence-electron chi connectivity index (χ3n) is 2.11. The molecular formula is C10H16ClN3S. The maximum atomic E-state index is 5.84. The van der Waals surface area contributed by atoms with Crippen molar-refractivity contribution in [3.05, 3.63) is 21.3 Å². The van der Waals surface area contributed by atoms with Gasteiger partial charge in [-0.1, -0.05) is 11.6 Å². The molecule has 0 fully saturated rings. The molecule has 1 aromatic heterocycles. The zero-order valence-corrected chi connectivity index (χ0v) is 10.6. The van der Waals surface area contributed by atoms with Gasteiger partial charge in [0, 0.05) is 18.0 Å². The lowest BCUT2D eigenvalue weighted by atomic mass is 10.5. The zero-order valence-electron chi connectivity index (χ0n) is 9.03. The first-order chi connectivity index (χ1) is 7.17. The standard InChI is InChI=1S/C10H16ClN3S/c1-3-14(4-2)10(12)13-7-8-5-6-9(11)15-8/h5-6H,3-4,7H2,1-2H3,(H2,12,13). The molecule has 0 radical (unpaired) electrons. The van der Waals surface area contributed by atoms with Crippen molar-refractivity contribution >= 4 is 28.9 Å². The molecule has 0 aliphatic heterocycles. The number of aliphatic imine (C=N–C) groups is 1. The Labute approximate surface area is 99.6 Å². The van der Waals surface area contributed by atoms with Crippen LogP contribution in [0.1, 0.15) is 18.7 Å². The number of guanidine groups is 1. The largest absolute Gasteiger partial charge is 0.370 e. The third-order valence-corrected chi connectivity index (χ3v) is 3.33. The van der Waals surface area contributed by atoms with E-state index in [9.17, 15) is 0 Å². The fourth-order valence-electron chi connectivity index (χ4n) is 1.24. The maximum absolute atomic E-state index is 5.84. The second kappa shape index (κ2) is 5.98. The minimum atomic E-state index is 0.601. The van der Waals surface area contributed by atoms with E-state index in [4.69, 9.17) is 17.3 Å². The van der Waals surface area contributed by atoms with E-state index in [2.05, 4.69) is 18.8 Å². The topological polar surface area (TPSA) is 41.6 Å². The molecule has 0 aromatic carbocycles. The number of thiophene rings is 1. The van der Waals surface area contributed by atoms with Crippen molar-refractivity contribution in [1.82, 2.24) is 4.90 Å². The summed E-state index contributed by atoms with van der Waals surface area (Å²) < 4.78 is 0.793. The van der Waals surface area contributed by atoms with Crippen molar-refractivity contribution in [2.75, 3.05) is 13.1 Å². The van der Waals surface area contributed by atoms with E-state index in [1.807, 2.05) is 17.0 Å². The molecule has 0 saturated heterocycles. The molecule has 0 bridgehead atoms. The molecule has 0 aliphatic rings. The summed E-state index contributed by atoms with van der Waals surface area (Å²) in [6.07, 6.45) is 0. The highest BCUT2D eigenvalue weighted by Gasteiger charge is 2.02. The van der Waals surface area contributed by atoms with E-state index in [-0.39, 0.29) is 0 Å². The van der Waals surface area contributed by atoms with Gasteiger partial charge in [0.2, 0.25) is 0 Å². The van der Waals surface area contributed by atoms with Crippen LogP contribution in [0.4, 0.5) is 0 Å². The predicted molar refractivity (Wildman–Crippen MR) is 67.6 cm³/mol. The summed E-state index contributed by atoms with van der Waals surface area (Å²) in [7, 11) is 0. The molecule has 84 valence electrons. The van der Waals surface area contributed by atoms with Crippen molar-refractivity contribution < 1.29 is 0 Å². The molecule has 1 rings (SSSR count). The van der Waals surface area contributed by atoms with Crippen molar-refractivity contribution in [1.29, 1.82) is 0 Å². The molecule has 0 unspecified atom stereocenters. The van der Waals surface area contributed by atoms with Gasteiger partial charge < -0.3 is 10.6 Å². The summed E-state index contributed by atoms with van der Waals surface area (Å²) in [4.78, 5) is 7.48. The van der Waals surface area contributed by atoms with Crippen LogP contribution in [0.15, 0.2) is 17.1 Å². The first kappa shape index (κ1) is 12.3. The van der Waals surface area contributed by atoms with Crippen molar-refractivity contribution in [2.24, 2.45) is 10.7 Å². The smallest absolute Gasteiger partial charge is 0.191 e. The fourth-order valence-corrected chi connectivity index (χ4v) is 2.26. The molecule has 1 heterocycles. The average Bonchev–Trinajstić information content (AvgIpc) is 2.63. The molecule has 15 heavy (non-hydrogen) atoms. The molecule has 0 saturated carbocycles. The Morgan fingerprint density at radius 3 is 2.60 bits per heavy atom. The van der Waals surface area contributed by atoms with Gasteiger partial charge in [-0.05, 0) is 26.0 Å². The highest BCUT2D eigenvalue weighted by molar-refractivity contribution is 7.16. The number of rotatable bonds is 4. The number of nitrogens with zero attached hydrogens (tertiary/aromatic N) is 2. The molecule has 1 aromatic rings. The first-order valence-corrected chi connectivity index (χ1v) is 6.15. The van der Waals surface area contributed by atoms with Crippen molar-refractivity contribution in [3.63, 3.8) is 0 Å². The lowest BCUT2D eigenvalue weighted by molar-refractivity contribution is 0.458. The Morgan fingerprint density at radius 2 is 2.13 bits per heavy atom. The fraction of sp³-hybridized carbons (Fsp3) is 0.500. The van der Waals surface area contributed by atoms with Crippen LogP contribution in [0.5, 0.6) is 0 Å². The zero-order chi connectivity index (χ0) is 11.3. The van der Waals surface area contributed by atoms with Crippen molar-refractivity contribution in [3.8, 4) is 0 Å². The SMILES string of the molecule is CCN(CC)C(N)=NCc1ccc(Cl)s1. The van der Waals surface area contributed by atoms with Gasteiger partial charge in [0.25, 0.3) is 0 Å². The van der Waals surface area contributed by atoms with Gasteiger partial charge in [-0.25, -0.2) is 4.99 Å². The van der Waals surface area contributed by atoms with Gasteiger partial charge in [-0.15, -0.1) is 11.3 Å². The van der Waals surface area contributed by atoms with Crippen molar-refractivity contribution in [2.45, 2.75) is 20.4 Å². The Morgan fingerprint density at radius 1 is 1.47 bits per heavy atom. The minimum absolute atomic E-state index is 0.601. The average molecular weight is 246 g/mol. The van der Waals surface area contributed by atoms with Gasteiger partial charge in [-0.3, -0.25) is 0 Å². The van der Waals surface area contributed by atoms with E-state index in [0.29, 0.717) is 12.5 Å². The molecule has 0 atom stereocenters. The first-order valence-electron chi connectivity index (χ1n) is 4.96. The molecule has 2 N–H and O–H groups in total. The van der Waals surface area contributed by atoms with E-state index in [0.717, 1.165) is 22.3 Å². The third kappa shape index (κ3) is 3.72. The summed E-state index contributed by atoms with van der Waals surface area (Å²) >= 11 is 7.36. The summed E-state index contributed by atoms with van der Waals surface area (Å²) in [6, 6.07) is 3.86. The van der Waals surface area contributed by atoms with Gasteiger partial charge in [0.05, 0.1) is 10.9 Å². The molecule has 5 heteroatoms. The van der Waals surface area contributed by atoms with Crippen LogP contribution in [-0.2, 0) is 6.54 Å². The number of hydrogen-bond donors (Lipinski definition) is 1. The van der Waals surface area contributed by atoms with E-state index < -0.39 is 0 Å². The molecule has 3 nitrogen and oxygen atoms in total. The normalized spacial score (nSPS) is 11.8. The van der Waals surface area contributed by atoms with Gasteiger partial charge in [0.1, 0.15) is 0 Å². The summed E-state index contributed by atoms with van der Waals surface area (Å²) in [6.45, 7) is 6.51. The summed E-state index contributed by atoms with van der Waals surface area (Å²) in [5.74, 6) is 0.601. The van der Waals surface area contributed by atoms with Crippen LogP contribution < -0.4 is 5.73 Å². The Bertz CT molecular complexity index is 331. The van der Waals surface area contributed by atoms with E-state index >= 15 is 0 Å². The monoisotopic (exact) mass is 245 g/mol. The van der Waals surface area contributed by atoms with Crippen LogP contribution in [0.3, 0.4) is 0 Å². The highest BCUT2D eigenvalue weighted by Crippen LogP contribution is 2.21. The Hall–Kier alpha value is -0.740. The highest BCUT2D eigenvalue weighted by atomic mass is 35.5. The molecule has 0 amide bonds. The van der Waals surface area contributed by atoms with Crippen LogP contribution in [-0.4, -0.2) is 23.9 Å². The van der Waals surface area contributed by atoms with Crippen LogP contribution >= 0.6 is 22.9 Å². The Balaban J connectivity index is 2.56. The molecule has 0 spiro atoms. The van der Waals surface area contributed by atoms with Gasteiger partial charge in [-0.2, -0.15) is 0 Å². The number of halogens is 1. The molecule has 0 aliphatic carbocycles. The number of nitrogens with two attached hydrogens (primary N) is 1. The van der Waals surface area contributed by atoms with Gasteiger partial charge >= 0.3 is 0 Å². The van der Waals surface area contributed by atoms with E-state index in [1.165, 1.54) is 0 Å². The minimum Gasteiger partial charge on any atom is -0.370 e. The Kier molecular flexibility index (Phi) is 4.91.